The smallest absolute Gasteiger partial charge is 0.220 e. The van der Waals surface area contributed by atoms with Gasteiger partial charge in [-0.15, -0.1) is 11.6 Å². The van der Waals surface area contributed by atoms with Crippen molar-refractivity contribution in [3.63, 3.8) is 0 Å². The summed E-state index contributed by atoms with van der Waals surface area (Å²) in [7, 11) is 0. The number of halogens is 1. The minimum Gasteiger partial charge on any atom is -0.378 e. The summed E-state index contributed by atoms with van der Waals surface area (Å²) >= 11 is 6.16. The number of amides is 1. The Morgan fingerprint density at radius 3 is 2.84 bits per heavy atom. The summed E-state index contributed by atoms with van der Waals surface area (Å²) in [6, 6.07) is 0. The molecule has 1 aliphatic carbocycles. The zero-order valence-electron chi connectivity index (χ0n) is 11.7. The molecule has 2 aliphatic rings. The van der Waals surface area contributed by atoms with Gasteiger partial charge < -0.3 is 10.1 Å². The average Bonchev–Trinajstić information content (AvgIpc) is 2.44. The van der Waals surface area contributed by atoms with Crippen molar-refractivity contribution in [2.24, 2.45) is 5.92 Å². The van der Waals surface area contributed by atoms with Gasteiger partial charge in [0.15, 0.2) is 0 Å². The molecule has 4 heteroatoms. The van der Waals surface area contributed by atoms with Crippen LogP contribution in [0.1, 0.15) is 57.8 Å². The van der Waals surface area contributed by atoms with Crippen LogP contribution in [0.25, 0.3) is 0 Å². The van der Waals surface area contributed by atoms with E-state index in [0.717, 1.165) is 38.8 Å². The second-order valence-corrected chi connectivity index (χ2v) is 6.58. The number of hydrogen-bond donors (Lipinski definition) is 1. The summed E-state index contributed by atoms with van der Waals surface area (Å²) in [5.74, 6) is 0.747. The number of hydrogen-bond acceptors (Lipinski definition) is 2. The summed E-state index contributed by atoms with van der Waals surface area (Å²) in [6.45, 7) is 1.67. The molecular formula is C15H26ClNO2. The predicted octanol–water partition coefficient (Wildman–Crippen LogP) is 3.25. The van der Waals surface area contributed by atoms with E-state index in [0.29, 0.717) is 23.8 Å². The summed E-state index contributed by atoms with van der Waals surface area (Å²) in [6.07, 6.45) is 9.88. The largest absolute Gasteiger partial charge is 0.378 e. The third kappa shape index (κ3) is 5.70. The zero-order chi connectivity index (χ0) is 13.5. The van der Waals surface area contributed by atoms with E-state index in [1.54, 1.807) is 0 Å². The van der Waals surface area contributed by atoms with Crippen LogP contribution in [0.2, 0.25) is 0 Å². The van der Waals surface area contributed by atoms with Gasteiger partial charge in [0.05, 0.1) is 6.10 Å². The molecule has 3 unspecified atom stereocenters. The highest BCUT2D eigenvalue weighted by atomic mass is 35.5. The zero-order valence-corrected chi connectivity index (χ0v) is 12.5. The van der Waals surface area contributed by atoms with E-state index >= 15 is 0 Å². The molecule has 1 N–H and O–H groups in total. The van der Waals surface area contributed by atoms with Gasteiger partial charge in [-0.1, -0.05) is 6.42 Å². The Labute approximate surface area is 121 Å². The van der Waals surface area contributed by atoms with Gasteiger partial charge in [-0.05, 0) is 50.9 Å². The minimum absolute atomic E-state index is 0.172. The molecule has 1 saturated carbocycles. The second-order valence-electron chi connectivity index (χ2n) is 5.96. The molecule has 0 bridgehead atoms. The van der Waals surface area contributed by atoms with E-state index in [-0.39, 0.29) is 5.91 Å². The summed E-state index contributed by atoms with van der Waals surface area (Å²) in [5, 5.41) is 3.37. The van der Waals surface area contributed by atoms with Crippen LogP contribution in [-0.2, 0) is 9.53 Å². The van der Waals surface area contributed by atoms with Crippen LogP contribution in [0, 0.1) is 5.92 Å². The molecule has 1 aliphatic heterocycles. The lowest BCUT2D eigenvalue weighted by molar-refractivity contribution is -0.122. The summed E-state index contributed by atoms with van der Waals surface area (Å²) < 4.78 is 5.64. The predicted molar refractivity (Wildman–Crippen MR) is 77.4 cm³/mol. The maximum Gasteiger partial charge on any atom is 0.220 e. The fourth-order valence-corrected chi connectivity index (χ4v) is 3.49. The molecule has 19 heavy (non-hydrogen) atoms. The van der Waals surface area contributed by atoms with Gasteiger partial charge in [-0.3, -0.25) is 4.79 Å². The highest BCUT2D eigenvalue weighted by Gasteiger charge is 2.21. The van der Waals surface area contributed by atoms with Crippen molar-refractivity contribution in [3.05, 3.63) is 0 Å². The fraction of sp³-hybridized carbons (Fsp3) is 0.933. The molecule has 1 saturated heterocycles. The molecule has 0 spiro atoms. The van der Waals surface area contributed by atoms with Crippen molar-refractivity contribution in [1.82, 2.24) is 5.32 Å². The number of nitrogens with one attached hydrogen (secondary N) is 1. The lowest BCUT2D eigenvalue weighted by atomic mass is 9.89. The quantitative estimate of drug-likeness (QED) is 0.788. The Bertz CT molecular complexity index is 279. The Hall–Kier alpha value is -0.280. The first kappa shape index (κ1) is 15.1. The van der Waals surface area contributed by atoms with E-state index < -0.39 is 0 Å². The maximum atomic E-state index is 11.8. The Kier molecular flexibility index (Phi) is 6.45. The highest BCUT2D eigenvalue weighted by Crippen LogP contribution is 2.27. The molecule has 2 rings (SSSR count). The molecule has 0 aromatic carbocycles. The van der Waals surface area contributed by atoms with E-state index in [4.69, 9.17) is 16.3 Å². The first-order valence-corrected chi connectivity index (χ1v) is 8.20. The van der Waals surface area contributed by atoms with Gasteiger partial charge in [-0.2, -0.15) is 0 Å². The minimum atomic E-state index is 0.172. The molecule has 1 heterocycles. The van der Waals surface area contributed by atoms with Crippen molar-refractivity contribution >= 4 is 17.5 Å². The van der Waals surface area contributed by atoms with E-state index in [2.05, 4.69) is 5.32 Å². The van der Waals surface area contributed by atoms with E-state index in [1.165, 1.54) is 25.7 Å². The number of ether oxygens (including phenoxy) is 1. The normalized spacial score (nSPS) is 31.9. The lowest BCUT2D eigenvalue weighted by Gasteiger charge is -2.26. The van der Waals surface area contributed by atoms with Crippen molar-refractivity contribution in [1.29, 1.82) is 0 Å². The lowest BCUT2D eigenvalue weighted by Crippen LogP contribution is -2.32. The molecule has 0 aromatic heterocycles. The van der Waals surface area contributed by atoms with Gasteiger partial charge in [0, 0.05) is 24.9 Å². The van der Waals surface area contributed by atoms with Crippen LogP contribution in [-0.4, -0.2) is 30.5 Å². The second kappa shape index (κ2) is 8.11. The number of rotatable bonds is 5. The molecule has 110 valence electrons. The van der Waals surface area contributed by atoms with Crippen molar-refractivity contribution in [2.75, 3.05) is 13.2 Å². The number of carbonyl (C=O) groups excluding carboxylic acids is 1. The summed E-state index contributed by atoms with van der Waals surface area (Å²) in [4.78, 5) is 11.8. The van der Waals surface area contributed by atoms with Gasteiger partial charge >= 0.3 is 0 Å². The first-order valence-electron chi connectivity index (χ1n) is 7.76. The molecular weight excluding hydrogens is 262 g/mol. The maximum absolute atomic E-state index is 11.8. The number of carbonyl (C=O) groups is 1. The van der Waals surface area contributed by atoms with E-state index in [1.807, 2.05) is 0 Å². The van der Waals surface area contributed by atoms with Crippen molar-refractivity contribution < 1.29 is 9.53 Å². The van der Waals surface area contributed by atoms with Crippen LogP contribution < -0.4 is 5.32 Å². The molecule has 3 nitrogen and oxygen atoms in total. The molecule has 1 amide bonds. The molecule has 2 fully saturated rings. The third-order valence-corrected chi connectivity index (χ3v) is 4.67. The van der Waals surface area contributed by atoms with Crippen molar-refractivity contribution in [2.45, 2.75) is 69.3 Å². The van der Waals surface area contributed by atoms with Gasteiger partial charge in [-0.25, -0.2) is 0 Å². The first-order chi connectivity index (χ1) is 9.24. The SMILES string of the molecule is O=C(CCC1CCCCO1)NCC1CCCC(Cl)C1. The average molecular weight is 288 g/mol. The van der Waals surface area contributed by atoms with E-state index in [9.17, 15) is 4.79 Å². The Morgan fingerprint density at radius 1 is 1.21 bits per heavy atom. The standard InChI is InChI=1S/C15H26ClNO2/c16-13-5-3-4-12(10-13)11-17-15(18)8-7-14-6-1-2-9-19-14/h12-14H,1-11H2,(H,17,18). The molecule has 3 atom stereocenters. The highest BCUT2D eigenvalue weighted by molar-refractivity contribution is 6.20. The Morgan fingerprint density at radius 2 is 2.11 bits per heavy atom. The van der Waals surface area contributed by atoms with Crippen molar-refractivity contribution in [3.8, 4) is 0 Å². The topological polar surface area (TPSA) is 38.3 Å². The Balaban J connectivity index is 1.56. The van der Waals surface area contributed by atoms with Gasteiger partial charge in [0.2, 0.25) is 5.91 Å². The monoisotopic (exact) mass is 287 g/mol. The number of alkyl halides is 1. The fourth-order valence-electron chi connectivity index (χ4n) is 3.08. The van der Waals surface area contributed by atoms with Crippen LogP contribution in [0.3, 0.4) is 0 Å². The molecule has 0 radical (unpaired) electrons. The third-order valence-electron chi connectivity index (χ3n) is 4.27. The van der Waals surface area contributed by atoms with Crippen LogP contribution >= 0.6 is 11.6 Å². The van der Waals surface area contributed by atoms with Crippen LogP contribution in [0.15, 0.2) is 0 Å². The van der Waals surface area contributed by atoms with Gasteiger partial charge in [0.1, 0.15) is 0 Å². The van der Waals surface area contributed by atoms with Crippen LogP contribution in [0.5, 0.6) is 0 Å². The van der Waals surface area contributed by atoms with Crippen LogP contribution in [0.4, 0.5) is 0 Å². The molecule has 0 aromatic rings. The van der Waals surface area contributed by atoms with Gasteiger partial charge in [0.25, 0.3) is 0 Å². The summed E-state index contributed by atoms with van der Waals surface area (Å²) in [5.41, 5.74) is 0.